The molecule has 5 heteroatoms. The minimum Gasteiger partial charge on any atom is -0.457 e. The maximum atomic E-state index is 7.17. The molecular formula is C55H34N4O. The van der Waals surface area contributed by atoms with Crippen molar-refractivity contribution in [3.8, 4) is 79.0 Å². The molecule has 0 radical (unpaired) electrons. The first-order chi connectivity index (χ1) is 29.7. The van der Waals surface area contributed by atoms with Gasteiger partial charge in [-0.3, -0.25) is 4.98 Å². The second-order valence-corrected chi connectivity index (χ2v) is 15.4. The molecule has 1 aliphatic carbocycles. The highest BCUT2D eigenvalue weighted by Crippen LogP contribution is 2.62. The smallest absolute Gasteiger partial charge is 0.164 e. The fourth-order valence-electron chi connectivity index (χ4n) is 9.47. The highest BCUT2D eigenvalue weighted by molar-refractivity contribution is 5.97. The van der Waals surface area contributed by atoms with E-state index in [2.05, 4.69) is 132 Å². The summed E-state index contributed by atoms with van der Waals surface area (Å²) in [4.78, 5) is 19.7. The van der Waals surface area contributed by atoms with E-state index in [1.165, 1.54) is 22.3 Å². The van der Waals surface area contributed by atoms with Crippen LogP contribution in [-0.2, 0) is 5.41 Å². The first-order valence-corrected chi connectivity index (χ1v) is 20.2. The summed E-state index contributed by atoms with van der Waals surface area (Å²) in [6.45, 7) is 0. The minimum absolute atomic E-state index is 0.601. The predicted molar refractivity (Wildman–Crippen MR) is 240 cm³/mol. The van der Waals surface area contributed by atoms with E-state index in [-0.39, 0.29) is 0 Å². The van der Waals surface area contributed by atoms with Crippen molar-refractivity contribution < 1.29 is 4.74 Å². The van der Waals surface area contributed by atoms with E-state index in [1.807, 2.05) is 79.1 Å². The van der Waals surface area contributed by atoms with Gasteiger partial charge in [0.25, 0.3) is 0 Å². The Hall–Kier alpha value is -8.02. The van der Waals surface area contributed by atoms with Crippen LogP contribution in [0.4, 0.5) is 0 Å². The van der Waals surface area contributed by atoms with Crippen LogP contribution in [0.5, 0.6) is 11.5 Å². The van der Waals surface area contributed by atoms with Gasteiger partial charge in [0, 0.05) is 45.6 Å². The Bertz CT molecular complexity index is 3200. The van der Waals surface area contributed by atoms with Crippen molar-refractivity contribution in [2.75, 3.05) is 0 Å². The Morgan fingerprint density at radius 2 is 0.850 bits per heavy atom. The van der Waals surface area contributed by atoms with Gasteiger partial charge < -0.3 is 4.74 Å². The number of nitrogens with zero attached hydrogens (tertiary/aromatic N) is 4. The van der Waals surface area contributed by atoms with Gasteiger partial charge in [-0.15, -0.1) is 0 Å². The number of hydrogen-bond acceptors (Lipinski definition) is 5. The zero-order valence-electron chi connectivity index (χ0n) is 32.3. The highest BCUT2D eigenvalue weighted by Gasteiger charge is 2.51. The van der Waals surface area contributed by atoms with Crippen LogP contribution >= 0.6 is 0 Å². The van der Waals surface area contributed by atoms with Crippen LogP contribution < -0.4 is 4.74 Å². The van der Waals surface area contributed by atoms with Gasteiger partial charge in [-0.1, -0.05) is 176 Å². The normalized spacial score (nSPS) is 12.9. The Labute approximate surface area is 347 Å². The van der Waals surface area contributed by atoms with Crippen LogP contribution in [0.25, 0.3) is 78.3 Å². The Kier molecular flexibility index (Phi) is 7.69. The summed E-state index contributed by atoms with van der Waals surface area (Å²) in [5.74, 6) is 3.49. The third kappa shape index (κ3) is 5.19. The average molecular weight is 767 g/mol. The fourth-order valence-corrected chi connectivity index (χ4v) is 9.47. The number of rotatable bonds is 5. The molecule has 0 fully saturated rings. The molecule has 5 nitrogen and oxygen atoms in total. The summed E-state index contributed by atoms with van der Waals surface area (Å²) in [5, 5.41) is 2.25. The molecule has 1 spiro atoms. The van der Waals surface area contributed by atoms with Gasteiger partial charge in [-0.05, 0) is 68.1 Å². The van der Waals surface area contributed by atoms with E-state index >= 15 is 0 Å². The average Bonchev–Trinajstić information content (AvgIpc) is 3.62. The van der Waals surface area contributed by atoms with E-state index in [1.54, 1.807) is 0 Å². The fraction of sp³-hybridized carbons (Fsp3) is 0.0182. The molecule has 0 amide bonds. The lowest BCUT2D eigenvalue weighted by Gasteiger charge is -2.39. The molecule has 0 saturated carbocycles. The summed E-state index contributed by atoms with van der Waals surface area (Å²) in [7, 11) is 0. The predicted octanol–water partition coefficient (Wildman–Crippen LogP) is 13.2. The quantitative estimate of drug-likeness (QED) is 0.175. The van der Waals surface area contributed by atoms with Crippen molar-refractivity contribution >= 4 is 10.8 Å². The molecule has 0 unspecified atom stereocenters. The van der Waals surface area contributed by atoms with E-state index in [9.17, 15) is 0 Å². The summed E-state index contributed by atoms with van der Waals surface area (Å²) < 4.78 is 7.17. The number of ether oxygens (including phenoxy) is 1. The number of aromatic nitrogens is 4. The van der Waals surface area contributed by atoms with E-state index in [0.29, 0.717) is 17.5 Å². The molecule has 2 aromatic heterocycles. The lowest BCUT2D eigenvalue weighted by molar-refractivity contribution is 0.437. The van der Waals surface area contributed by atoms with E-state index in [4.69, 9.17) is 19.7 Å². The first kappa shape index (κ1) is 34.1. The van der Waals surface area contributed by atoms with Crippen LogP contribution in [0.15, 0.2) is 207 Å². The molecular weight excluding hydrogens is 733 g/mol. The zero-order chi connectivity index (χ0) is 39.6. The van der Waals surface area contributed by atoms with Crippen LogP contribution in [0.2, 0.25) is 0 Å². The van der Waals surface area contributed by atoms with Crippen molar-refractivity contribution in [2.45, 2.75) is 5.41 Å². The van der Waals surface area contributed by atoms with E-state index < -0.39 is 5.41 Å². The molecule has 0 N–H and O–H groups in total. The molecule has 0 atom stereocenters. The van der Waals surface area contributed by atoms with Gasteiger partial charge in [-0.2, -0.15) is 0 Å². The van der Waals surface area contributed by atoms with Crippen molar-refractivity contribution in [1.82, 2.24) is 19.9 Å². The van der Waals surface area contributed by atoms with Crippen molar-refractivity contribution in [3.05, 3.63) is 229 Å². The zero-order valence-corrected chi connectivity index (χ0v) is 32.3. The van der Waals surface area contributed by atoms with Gasteiger partial charge in [0.1, 0.15) is 11.5 Å². The molecule has 2 aliphatic rings. The molecule has 0 bridgehead atoms. The monoisotopic (exact) mass is 766 g/mol. The third-order valence-corrected chi connectivity index (χ3v) is 12.1. The van der Waals surface area contributed by atoms with Crippen LogP contribution in [0, 0.1) is 0 Å². The Morgan fingerprint density at radius 1 is 0.350 bits per heavy atom. The SMILES string of the molecule is c1ccc(-c2nc(-c3ccccc3)nc(-c3ccccc3-c3ccc4c(c3)Oc3cc(-c5cccc6ccncc56)ccc3C43c4ccccc4-c4ccccc43)n2)cc1. The molecule has 8 aromatic carbocycles. The van der Waals surface area contributed by atoms with Crippen molar-refractivity contribution in [2.24, 2.45) is 0 Å². The van der Waals surface area contributed by atoms with Crippen LogP contribution in [0.1, 0.15) is 22.3 Å². The molecule has 60 heavy (non-hydrogen) atoms. The maximum absolute atomic E-state index is 7.17. The van der Waals surface area contributed by atoms with Crippen LogP contribution in [0.3, 0.4) is 0 Å². The topological polar surface area (TPSA) is 60.8 Å². The van der Waals surface area contributed by atoms with Crippen molar-refractivity contribution in [1.29, 1.82) is 0 Å². The van der Waals surface area contributed by atoms with E-state index in [0.717, 1.165) is 72.3 Å². The van der Waals surface area contributed by atoms with Crippen LogP contribution in [-0.4, -0.2) is 19.9 Å². The molecule has 1 aliphatic heterocycles. The molecule has 280 valence electrons. The largest absolute Gasteiger partial charge is 0.457 e. The maximum Gasteiger partial charge on any atom is 0.164 e. The lowest BCUT2D eigenvalue weighted by atomic mass is 9.65. The summed E-state index contributed by atoms with van der Waals surface area (Å²) in [5.41, 5.74) is 13.6. The number of fused-ring (bicyclic) bond motifs is 10. The standard InChI is InChI=1S/C55H34N4O/c1-3-14-36(15-4-1)52-57-53(37-16-5-2-6-17-37)59-54(58-52)44-22-8-7-19-40(44)38-26-28-48-50(32-38)60-51-33-39(41-23-13-18-35-30-31-56-34-45(35)41)27-29-49(51)55(48)46-24-11-9-20-42(46)43-21-10-12-25-47(43)55/h1-34H. The minimum atomic E-state index is -0.601. The van der Waals surface area contributed by atoms with Gasteiger partial charge in [-0.25, -0.2) is 15.0 Å². The molecule has 3 heterocycles. The van der Waals surface area contributed by atoms with Gasteiger partial charge in [0.05, 0.1) is 5.41 Å². The molecule has 10 aromatic rings. The number of benzene rings is 8. The summed E-state index contributed by atoms with van der Waals surface area (Å²) in [6, 6.07) is 68.1. The second kappa shape index (κ2) is 13.5. The number of hydrogen-bond donors (Lipinski definition) is 0. The lowest BCUT2D eigenvalue weighted by Crippen LogP contribution is -2.32. The Balaban J connectivity index is 1.07. The van der Waals surface area contributed by atoms with Gasteiger partial charge in [0.2, 0.25) is 0 Å². The Morgan fingerprint density at radius 3 is 1.47 bits per heavy atom. The van der Waals surface area contributed by atoms with Gasteiger partial charge in [0.15, 0.2) is 17.5 Å². The van der Waals surface area contributed by atoms with Gasteiger partial charge >= 0.3 is 0 Å². The summed E-state index contributed by atoms with van der Waals surface area (Å²) >= 11 is 0. The third-order valence-electron chi connectivity index (χ3n) is 12.1. The molecule has 12 rings (SSSR count). The second-order valence-electron chi connectivity index (χ2n) is 15.4. The first-order valence-electron chi connectivity index (χ1n) is 20.2. The highest BCUT2D eigenvalue weighted by atomic mass is 16.5. The molecule has 0 saturated heterocycles. The van der Waals surface area contributed by atoms with Crippen molar-refractivity contribution in [3.63, 3.8) is 0 Å². The number of pyridine rings is 1. The summed E-state index contributed by atoms with van der Waals surface area (Å²) in [6.07, 6.45) is 3.80.